The van der Waals surface area contributed by atoms with Crippen molar-refractivity contribution in [2.45, 2.75) is 45.8 Å². The van der Waals surface area contributed by atoms with Crippen LogP contribution in [0.2, 0.25) is 0 Å². The second-order valence-corrected chi connectivity index (χ2v) is 6.87. The number of aryl methyl sites for hydroxylation is 1. The van der Waals surface area contributed by atoms with Gasteiger partial charge >= 0.3 is 5.97 Å². The summed E-state index contributed by atoms with van der Waals surface area (Å²) in [6, 6.07) is 5.09. The molecule has 1 aromatic heterocycles. The third kappa shape index (κ3) is 4.04. The van der Waals surface area contributed by atoms with Crippen molar-refractivity contribution in [3.05, 3.63) is 29.8 Å². The molecule has 1 aromatic carbocycles. The maximum absolute atomic E-state index is 13.5. The summed E-state index contributed by atoms with van der Waals surface area (Å²) >= 11 is 0. The molecule has 0 amide bonds. The van der Waals surface area contributed by atoms with Crippen LogP contribution >= 0.6 is 0 Å². The van der Waals surface area contributed by atoms with E-state index in [1.807, 2.05) is 11.8 Å². The molecule has 0 unspecified atom stereocenters. The first-order valence-corrected chi connectivity index (χ1v) is 9.34. The standard InChI is InChI=1S/C19H27FN4O2/c1-3-23(13-19(25)26)15-7-9-22(10-8-15)12-18-21-16-11-14(20)5-6-17(16)24(18)4-2/h5-6,11,15H,3-4,7-10,12-13H2,1-2H3,(H,25,26). The average molecular weight is 362 g/mol. The van der Waals surface area contributed by atoms with Gasteiger partial charge in [-0.05, 0) is 38.4 Å². The number of carboxylic acids is 1. The summed E-state index contributed by atoms with van der Waals surface area (Å²) in [5.41, 5.74) is 1.67. The van der Waals surface area contributed by atoms with Gasteiger partial charge in [-0.3, -0.25) is 14.6 Å². The minimum Gasteiger partial charge on any atom is -0.480 e. The van der Waals surface area contributed by atoms with Crippen LogP contribution in [0, 0.1) is 5.82 Å². The summed E-state index contributed by atoms with van der Waals surface area (Å²) in [6.45, 7) is 8.33. The lowest BCUT2D eigenvalue weighted by Gasteiger charge is -2.37. The van der Waals surface area contributed by atoms with Gasteiger partial charge in [-0.2, -0.15) is 0 Å². The van der Waals surface area contributed by atoms with Crippen molar-refractivity contribution in [3.63, 3.8) is 0 Å². The van der Waals surface area contributed by atoms with E-state index in [0.29, 0.717) is 11.6 Å². The SMILES string of the molecule is CCN(CC(=O)O)C1CCN(Cc2nc3cc(F)ccc3n2CC)CC1. The molecule has 1 aliphatic heterocycles. The van der Waals surface area contributed by atoms with Gasteiger partial charge < -0.3 is 9.67 Å². The van der Waals surface area contributed by atoms with Gasteiger partial charge in [-0.25, -0.2) is 9.37 Å². The zero-order valence-corrected chi connectivity index (χ0v) is 15.5. The van der Waals surface area contributed by atoms with Crippen molar-refractivity contribution in [2.75, 3.05) is 26.2 Å². The first-order valence-electron chi connectivity index (χ1n) is 9.34. The Kier molecular flexibility index (Phi) is 5.88. The number of carboxylic acid groups (broad SMARTS) is 1. The number of fused-ring (bicyclic) bond motifs is 1. The molecule has 6 nitrogen and oxygen atoms in total. The molecule has 1 N–H and O–H groups in total. The van der Waals surface area contributed by atoms with Crippen LogP contribution < -0.4 is 0 Å². The lowest BCUT2D eigenvalue weighted by atomic mass is 10.0. The summed E-state index contributed by atoms with van der Waals surface area (Å²) in [5.74, 6) is -0.0636. The molecule has 0 saturated carbocycles. The van der Waals surface area contributed by atoms with Crippen molar-refractivity contribution in [3.8, 4) is 0 Å². The number of benzene rings is 1. The largest absolute Gasteiger partial charge is 0.480 e. The van der Waals surface area contributed by atoms with E-state index in [1.165, 1.54) is 12.1 Å². The van der Waals surface area contributed by atoms with Crippen molar-refractivity contribution >= 4 is 17.0 Å². The minimum atomic E-state index is -0.766. The molecule has 1 aliphatic rings. The fourth-order valence-corrected chi connectivity index (χ4v) is 3.94. The number of hydrogen-bond donors (Lipinski definition) is 1. The zero-order chi connectivity index (χ0) is 18.7. The summed E-state index contributed by atoms with van der Waals surface area (Å²) in [7, 11) is 0. The van der Waals surface area contributed by atoms with E-state index in [1.54, 1.807) is 6.07 Å². The highest BCUT2D eigenvalue weighted by Crippen LogP contribution is 2.22. The van der Waals surface area contributed by atoms with Gasteiger partial charge in [0.2, 0.25) is 0 Å². The number of hydrogen-bond acceptors (Lipinski definition) is 4. The van der Waals surface area contributed by atoms with Gasteiger partial charge in [0.1, 0.15) is 11.6 Å². The number of imidazole rings is 1. The Morgan fingerprint density at radius 1 is 1.35 bits per heavy atom. The first-order chi connectivity index (χ1) is 12.5. The third-order valence-corrected chi connectivity index (χ3v) is 5.29. The molecule has 0 spiro atoms. The third-order valence-electron chi connectivity index (χ3n) is 5.29. The summed E-state index contributed by atoms with van der Waals surface area (Å²) in [4.78, 5) is 20.0. The monoisotopic (exact) mass is 362 g/mol. The van der Waals surface area contributed by atoms with Crippen LogP contribution in [0.4, 0.5) is 4.39 Å². The number of likely N-dealkylation sites (N-methyl/N-ethyl adjacent to an activating group) is 1. The molecule has 0 aliphatic carbocycles. The van der Waals surface area contributed by atoms with Crippen LogP contribution in [0.5, 0.6) is 0 Å². The molecule has 3 rings (SSSR count). The normalized spacial score (nSPS) is 16.6. The summed E-state index contributed by atoms with van der Waals surface area (Å²) in [6.07, 6.45) is 1.92. The molecule has 2 heterocycles. The predicted molar refractivity (Wildman–Crippen MR) is 98.5 cm³/mol. The van der Waals surface area contributed by atoms with Crippen LogP contribution in [0.1, 0.15) is 32.5 Å². The van der Waals surface area contributed by atoms with Crippen molar-refractivity contribution in [1.82, 2.24) is 19.4 Å². The van der Waals surface area contributed by atoms with Gasteiger partial charge in [0, 0.05) is 31.7 Å². The van der Waals surface area contributed by atoms with E-state index in [4.69, 9.17) is 5.11 Å². The fraction of sp³-hybridized carbons (Fsp3) is 0.579. The Hall–Kier alpha value is -1.99. The number of aliphatic carboxylic acids is 1. The molecule has 7 heteroatoms. The lowest BCUT2D eigenvalue weighted by molar-refractivity contribution is -0.139. The van der Waals surface area contributed by atoms with E-state index in [0.717, 1.165) is 56.9 Å². The number of piperidine rings is 1. The highest BCUT2D eigenvalue weighted by Gasteiger charge is 2.26. The highest BCUT2D eigenvalue weighted by molar-refractivity contribution is 5.76. The van der Waals surface area contributed by atoms with Crippen molar-refractivity contribution in [2.24, 2.45) is 0 Å². The molecule has 26 heavy (non-hydrogen) atoms. The molecule has 0 bridgehead atoms. The number of carbonyl (C=O) groups is 1. The molecule has 1 saturated heterocycles. The van der Waals surface area contributed by atoms with Crippen molar-refractivity contribution in [1.29, 1.82) is 0 Å². The van der Waals surface area contributed by atoms with Crippen LogP contribution in [0.15, 0.2) is 18.2 Å². The Morgan fingerprint density at radius 3 is 2.69 bits per heavy atom. The number of rotatable bonds is 7. The molecular weight excluding hydrogens is 335 g/mol. The Morgan fingerprint density at radius 2 is 2.08 bits per heavy atom. The van der Waals surface area contributed by atoms with E-state index in [-0.39, 0.29) is 12.4 Å². The number of aromatic nitrogens is 2. The Labute approximate surface area is 153 Å². The van der Waals surface area contributed by atoms with Gasteiger partial charge in [0.15, 0.2) is 0 Å². The second kappa shape index (κ2) is 8.14. The van der Waals surface area contributed by atoms with E-state index in [9.17, 15) is 9.18 Å². The molecule has 1 fully saturated rings. The first kappa shape index (κ1) is 18.8. The smallest absolute Gasteiger partial charge is 0.317 e. The minimum absolute atomic E-state index is 0.109. The summed E-state index contributed by atoms with van der Waals surface area (Å²) in [5, 5.41) is 9.05. The van der Waals surface area contributed by atoms with Crippen LogP contribution in [-0.4, -0.2) is 62.6 Å². The van der Waals surface area contributed by atoms with E-state index < -0.39 is 5.97 Å². The summed E-state index contributed by atoms with van der Waals surface area (Å²) < 4.78 is 15.6. The van der Waals surface area contributed by atoms with Gasteiger partial charge in [0.25, 0.3) is 0 Å². The molecule has 0 radical (unpaired) electrons. The number of likely N-dealkylation sites (tertiary alicyclic amines) is 1. The fourth-order valence-electron chi connectivity index (χ4n) is 3.94. The topological polar surface area (TPSA) is 61.6 Å². The highest BCUT2D eigenvalue weighted by atomic mass is 19.1. The van der Waals surface area contributed by atoms with Crippen molar-refractivity contribution < 1.29 is 14.3 Å². The zero-order valence-electron chi connectivity index (χ0n) is 15.5. The quantitative estimate of drug-likeness (QED) is 0.820. The maximum Gasteiger partial charge on any atom is 0.317 e. The molecule has 142 valence electrons. The maximum atomic E-state index is 13.5. The van der Waals surface area contributed by atoms with Gasteiger partial charge in [-0.15, -0.1) is 0 Å². The Balaban J connectivity index is 1.66. The lowest BCUT2D eigenvalue weighted by Crippen LogP contribution is -2.46. The predicted octanol–water partition coefficient (Wildman–Crippen LogP) is 2.57. The number of nitrogens with zero attached hydrogens (tertiary/aromatic N) is 4. The van der Waals surface area contributed by atoms with Gasteiger partial charge in [-0.1, -0.05) is 6.92 Å². The second-order valence-electron chi connectivity index (χ2n) is 6.87. The van der Waals surface area contributed by atoms with E-state index in [2.05, 4.69) is 21.4 Å². The van der Waals surface area contributed by atoms with Crippen LogP contribution in [-0.2, 0) is 17.9 Å². The van der Waals surface area contributed by atoms with Crippen LogP contribution in [0.25, 0.3) is 11.0 Å². The molecule has 0 atom stereocenters. The van der Waals surface area contributed by atoms with Gasteiger partial charge in [0.05, 0.1) is 24.1 Å². The van der Waals surface area contributed by atoms with E-state index >= 15 is 0 Å². The average Bonchev–Trinajstić information content (AvgIpc) is 2.96. The molecule has 2 aromatic rings. The Bertz CT molecular complexity index is 768. The molecular formula is C19H27FN4O2. The number of halogens is 1. The van der Waals surface area contributed by atoms with Crippen LogP contribution in [0.3, 0.4) is 0 Å².